The monoisotopic (exact) mass is 290 g/mol. The van der Waals surface area contributed by atoms with Gasteiger partial charge in [-0.3, -0.25) is 9.00 Å². The Morgan fingerprint density at radius 1 is 1.30 bits per heavy atom. The minimum absolute atomic E-state index is 0.0824. The van der Waals surface area contributed by atoms with Crippen LogP contribution >= 0.6 is 0 Å². The van der Waals surface area contributed by atoms with Gasteiger partial charge in [-0.2, -0.15) is 0 Å². The molecule has 1 aliphatic rings. The largest absolute Gasteiger partial charge is 0.349 e. The van der Waals surface area contributed by atoms with Crippen LogP contribution in [0.5, 0.6) is 0 Å². The maximum atomic E-state index is 12.1. The van der Waals surface area contributed by atoms with E-state index in [1.165, 1.54) is 0 Å². The van der Waals surface area contributed by atoms with Gasteiger partial charge >= 0.3 is 0 Å². The molecule has 5 heteroatoms. The molecule has 0 unspecified atom stereocenters. The highest BCUT2D eigenvalue weighted by atomic mass is 32.2. The van der Waals surface area contributed by atoms with Gasteiger partial charge in [0.05, 0.1) is 6.54 Å². The average Bonchev–Trinajstić information content (AvgIpc) is 2.48. The van der Waals surface area contributed by atoms with E-state index in [1.807, 2.05) is 12.1 Å². The molecule has 20 heavy (non-hydrogen) atoms. The van der Waals surface area contributed by atoms with E-state index in [4.69, 9.17) is 5.73 Å². The number of amides is 1. The number of benzene rings is 1. The van der Waals surface area contributed by atoms with E-state index in [9.17, 15) is 9.00 Å². The number of rotatable bonds is 2. The topological polar surface area (TPSA) is 72.2 Å². The zero-order valence-electron chi connectivity index (χ0n) is 11.2. The summed E-state index contributed by atoms with van der Waals surface area (Å²) in [5.41, 5.74) is 6.78. The first-order valence-corrected chi connectivity index (χ1v) is 8.12. The van der Waals surface area contributed by atoms with Crippen molar-refractivity contribution in [3.8, 4) is 11.8 Å². The molecule has 1 aromatic carbocycles. The number of carbonyl (C=O) groups is 1. The van der Waals surface area contributed by atoms with Crippen molar-refractivity contribution in [1.82, 2.24) is 5.32 Å². The van der Waals surface area contributed by atoms with Crippen molar-refractivity contribution >= 4 is 16.7 Å². The molecule has 1 aromatic rings. The molecule has 0 atom stereocenters. The van der Waals surface area contributed by atoms with Crippen LogP contribution < -0.4 is 11.1 Å². The molecule has 2 rings (SSSR count). The number of hydrogen-bond acceptors (Lipinski definition) is 3. The number of nitrogens with two attached hydrogens (primary N) is 1. The summed E-state index contributed by atoms with van der Waals surface area (Å²) in [6, 6.07) is 7.28. The SMILES string of the molecule is NCC#Cc1ccc(C(=O)NC2CCS(=O)CC2)cc1. The Hall–Kier alpha value is -1.64. The number of hydrogen-bond donors (Lipinski definition) is 2. The van der Waals surface area contributed by atoms with Crippen LogP contribution in [0.15, 0.2) is 24.3 Å². The molecule has 0 radical (unpaired) electrons. The fourth-order valence-electron chi connectivity index (χ4n) is 2.06. The van der Waals surface area contributed by atoms with Crippen LogP contribution in [0.4, 0.5) is 0 Å². The van der Waals surface area contributed by atoms with Crippen LogP contribution in [-0.2, 0) is 10.8 Å². The maximum Gasteiger partial charge on any atom is 0.251 e. The van der Waals surface area contributed by atoms with Gasteiger partial charge in [0.15, 0.2) is 0 Å². The first kappa shape index (κ1) is 14.8. The standard InChI is InChI=1S/C15H18N2O2S/c16-9-1-2-12-3-5-13(6-4-12)15(18)17-14-7-10-20(19)11-8-14/h3-6,14H,7-11,16H2,(H,17,18). The first-order valence-electron chi connectivity index (χ1n) is 6.64. The fraction of sp³-hybridized carbons (Fsp3) is 0.400. The average molecular weight is 290 g/mol. The summed E-state index contributed by atoms with van der Waals surface area (Å²) in [5.74, 6) is 6.96. The predicted octanol–water partition coefficient (Wildman–Crippen LogP) is 0.638. The molecule has 0 saturated carbocycles. The van der Waals surface area contributed by atoms with Crippen LogP contribution in [0.25, 0.3) is 0 Å². The fourth-order valence-corrected chi connectivity index (χ4v) is 3.36. The lowest BCUT2D eigenvalue weighted by Gasteiger charge is -2.22. The first-order chi connectivity index (χ1) is 9.69. The van der Waals surface area contributed by atoms with E-state index >= 15 is 0 Å². The molecule has 1 heterocycles. The minimum atomic E-state index is -0.703. The molecule has 106 valence electrons. The van der Waals surface area contributed by atoms with Crippen molar-refractivity contribution in [3.05, 3.63) is 35.4 Å². The second-order valence-corrected chi connectivity index (χ2v) is 6.38. The molecule has 1 fully saturated rings. The van der Waals surface area contributed by atoms with E-state index in [2.05, 4.69) is 17.2 Å². The molecular formula is C15H18N2O2S. The van der Waals surface area contributed by atoms with E-state index in [0.29, 0.717) is 23.6 Å². The lowest BCUT2D eigenvalue weighted by molar-refractivity contribution is 0.0934. The van der Waals surface area contributed by atoms with Crippen molar-refractivity contribution in [2.45, 2.75) is 18.9 Å². The summed E-state index contributed by atoms with van der Waals surface area (Å²) in [6.45, 7) is 0.325. The van der Waals surface area contributed by atoms with Crippen molar-refractivity contribution in [2.75, 3.05) is 18.1 Å². The molecule has 1 amide bonds. The Morgan fingerprint density at radius 2 is 1.95 bits per heavy atom. The van der Waals surface area contributed by atoms with Crippen LogP contribution in [0.3, 0.4) is 0 Å². The predicted molar refractivity (Wildman–Crippen MR) is 80.7 cm³/mol. The Bertz CT molecular complexity index is 547. The Kier molecular flexibility index (Phi) is 5.33. The second-order valence-electron chi connectivity index (χ2n) is 4.68. The molecule has 4 nitrogen and oxygen atoms in total. The summed E-state index contributed by atoms with van der Waals surface area (Å²) in [6.07, 6.45) is 1.58. The lowest BCUT2D eigenvalue weighted by Crippen LogP contribution is -2.39. The van der Waals surface area contributed by atoms with Crippen LogP contribution in [-0.4, -0.2) is 34.2 Å². The van der Waals surface area contributed by atoms with Crippen LogP contribution in [0.2, 0.25) is 0 Å². The van der Waals surface area contributed by atoms with E-state index in [1.54, 1.807) is 12.1 Å². The number of carbonyl (C=O) groups excluding carboxylic acids is 1. The van der Waals surface area contributed by atoms with E-state index in [-0.39, 0.29) is 11.9 Å². The van der Waals surface area contributed by atoms with Gasteiger partial charge in [0.1, 0.15) is 0 Å². The normalized spacial score (nSPS) is 21.6. The quantitative estimate of drug-likeness (QED) is 0.785. The Morgan fingerprint density at radius 3 is 2.55 bits per heavy atom. The molecule has 0 aliphatic carbocycles. The summed E-state index contributed by atoms with van der Waals surface area (Å²) >= 11 is 0. The van der Waals surface area contributed by atoms with E-state index in [0.717, 1.165) is 18.4 Å². The molecule has 3 N–H and O–H groups in total. The number of nitrogens with one attached hydrogen (secondary N) is 1. The van der Waals surface area contributed by atoms with Gasteiger partial charge in [-0.25, -0.2) is 0 Å². The van der Waals surface area contributed by atoms with Gasteiger partial charge in [-0.15, -0.1) is 0 Å². The Balaban J connectivity index is 1.93. The third-order valence-electron chi connectivity index (χ3n) is 3.21. The van der Waals surface area contributed by atoms with Crippen LogP contribution in [0.1, 0.15) is 28.8 Å². The molecular weight excluding hydrogens is 272 g/mol. The Labute approximate surface area is 121 Å². The molecule has 1 aliphatic heterocycles. The summed E-state index contributed by atoms with van der Waals surface area (Å²) < 4.78 is 11.3. The van der Waals surface area contributed by atoms with Crippen molar-refractivity contribution in [1.29, 1.82) is 0 Å². The highest BCUT2D eigenvalue weighted by Crippen LogP contribution is 2.11. The second kappa shape index (κ2) is 7.22. The minimum Gasteiger partial charge on any atom is -0.349 e. The third kappa shape index (κ3) is 4.19. The van der Waals surface area contributed by atoms with Gasteiger partial charge in [-0.1, -0.05) is 11.8 Å². The highest BCUT2D eigenvalue weighted by molar-refractivity contribution is 7.85. The molecule has 0 aromatic heterocycles. The van der Waals surface area contributed by atoms with Gasteiger partial charge < -0.3 is 11.1 Å². The summed E-state index contributed by atoms with van der Waals surface area (Å²) in [5, 5.41) is 2.99. The van der Waals surface area contributed by atoms with Gasteiger partial charge in [0.2, 0.25) is 0 Å². The third-order valence-corrected chi connectivity index (χ3v) is 4.59. The zero-order chi connectivity index (χ0) is 14.4. The van der Waals surface area contributed by atoms with Crippen molar-refractivity contribution in [2.24, 2.45) is 5.73 Å². The van der Waals surface area contributed by atoms with E-state index < -0.39 is 10.8 Å². The summed E-state index contributed by atoms with van der Waals surface area (Å²) in [7, 11) is -0.703. The van der Waals surface area contributed by atoms with Crippen molar-refractivity contribution < 1.29 is 9.00 Å². The van der Waals surface area contributed by atoms with Gasteiger partial charge in [0.25, 0.3) is 5.91 Å². The van der Waals surface area contributed by atoms with Gasteiger partial charge in [0, 0.05) is 39.5 Å². The molecule has 0 spiro atoms. The molecule has 1 saturated heterocycles. The molecule has 0 bridgehead atoms. The lowest BCUT2D eigenvalue weighted by atomic mass is 10.1. The smallest absolute Gasteiger partial charge is 0.251 e. The maximum absolute atomic E-state index is 12.1. The van der Waals surface area contributed by atoms with Crippen LogP contribution in [0, 0.1) is 11.8 Å². The highest BCUT2D eigenvalue weighted by Gasteiger charge is 2.19. The van der Waals surface area contributed by atoms with Gasteiger partial charge in [-0.05, 0) is 37.1 Å². The van der Waals surface area contributed by atoms with Crippen molar-refractivity contribution in [3.63, 3.8) is 0 Å². The zero-order valence-corrected chi connectivity index (χ0v) is 12.0. The summed E-state index contributed by atoms with van der Waals surface area (Å²) in [4.78, 5) is 12.1.